The Morgan fingerprint density at radius 3 is 1.62 bits per heavy atom. The van der Waals surface area contributed by atoms with Gasteiger partial charge in [0.15, 0.2) is 5.69 Å². The van der Waals surface area contributed by atoms with Crippen molar-refractivity contribution in [1.29, 1.82) is 0 Å². The standard InChI is InChI=1S/C49H50N8O8/c1-4-65-47(60)42-39(52-44(53-42)38-18-12-28-57(38)46(59)41(55-49(62)64-3)34-15-9-6-10-16-34)35-25-21-31(22-26-35)30-19-23-32(24-20-30)36-29-50-43(51-36)37-17-11-27-56(37)45(58)40(54-48(61)63-2)33-13-7-5-8-14-33/h5-10,13-16,19-26,29,37-38,40-41H,4,11-12,17-18,27-28H2,1-3H3,(H,50,51)(H,52,53)(H,54,61)(H,55,62)/t37-,38-,40+,41?/m0/s1. The van der Waals surface area contributed by atoms with Crippen molar-refractivity contribution in [3.05, 3.63) is 144 Å². The summed E-state index contributed by atoms with van der Waals surface area (Å²) in [6.07, 6.45) is 3.15. The van der Waals surface area contributed by atoms with Crippen LogP contribution in [0.15, 0.2) is 115 Å². The van der Waals surface area contributed by atoms with Gasteiger partial charge in [0, 0.05) is 18.7 Å². The molecule has 0 spiro atoms. The van der Waals surface area contributed by atoms with Gasteiger partial charge in [0.2, 0.25) is 0 Å². The van der Waals surface area contributed by atoms with E-state index in [0.717, 1.165) is 35.2 Å². The number of H-pyrrole nitrogens is 2. The van der Waals surface area contributed by atoms with Crippen molar-refractivity contribution in [3.8, 4) is 33.6 Å². The molecular weight excluding hydrogens is 829 g/mol. The Morgan fingerprint density at radius 2 is 1.12 bits per heavy atom. The molecule has 6 aromatic rings. The number of alkyl carbamates (subject to hydrolysis) is 2. The minimum atomic E-state index is -0.986. The molecule has 4 atom stereocenters. The molecule has 2 saturated heterocycles. The zero-order valence-electron chi connectivity index (χ0n) is 36.3. The van der Waals surface area contributed by atoms with Crippen molar-refractivity contribution in [2.45, 2.75) is 56.8 Å². The molecule has 334 valence electrons. The van der Waals surface area contributed by atoms with Gasteiger partial charge in [0.25, 0.3) is 11.8 Å². The lowest BCUT2D eigenvalue weighted by molar-refractivity contribution is -0.135. The van der Waals surface area contributed by atoms with Crippen LogP contribution in [0, 0.1) is 0 Å². The van der Waals surface area contributed by atoms with Crippen LogP contribution < -0.4 is 10.6 Å². The molecule has 4 amide bonds. The number of ether oxygens (including phenoxy) is 3. The number of methoxy groups -OCH3 is 2. The molecule has 0 aliphatic carbocycles. The highest BCUT2D eigenvalue weighted by Gasteiger charge is 2.39. The highest BCUT2D eigenvalue weighted by Crippen LogP contribution is 2.37. The van der Waals surface area contributed by atoms with Gasteiger partial charge in [-0.1, -0.05) is 109 Å². The highest BCUT2D eigenvalue weighted by atomic mass is 16.5. The molecule has 2 aromatic heterocycles. The number of hydrogen-bond donors (Lipinski definition) is 4. The number of carbonyl (C=O) groups excluding carboxylic acids is 5. The van der Waals surface area contributed by atoms with Crippen LogP contribution in [0.3, 0.4) is 0 Å². The summed E-state index contributed by atoms with van der Waals surface area (Å²) in [5.41, 5.74) is 6.14. The van der Waals surface area contributed by atoms with E-state index in [1.165, 1.54) is 14.2 Å². The molecule has 16 nitrogen and oxygen atoms in total. The molecule has 0 saturated carbocycles. The average molecular weight is 879 g/mol. The zero-order chi connectivity index (χ0) is 45.5. The topological polar surface area (TPSA) is 201 Å². The predicted octanol–water partition coefficient (Wildman–Crippen LogP) is 7.83. The normalized spacial score (nSPS) is 16.7. The van der Waals surface area contributed by atoms with Gasteiger partial charge in [-0.3, -0.25) is 9.59 Å². The van der Waals surface area contributed by atoms with Gasteiger partial charge < -0.3 is 44.6 Å². The predicted molar refractivity (Wildman–Crippen MR) is 240 cm³/mol. The lowest BCUT2D eigenvalue weighted by Crippen LogP contribution is -2.42. The first-order chi connectivity index (χ1) is 31.7. The Labute approximate surface area is 375 Å². The lowest BCUT2D eigenvalue weighted by atomic mass is 10.0. The van der Waals surface area contributed by atoms with Gasteiger partial charge in [0.05, 0.1) is 44.8 Å². The van der Waals surface area contributed by atoms with Crippen LogP contribution in [0.5, 0.6) is 0 Å². The number of hydrogen-bond acceptors (Lipinski definition) is 10. The summed E-state index contributed by atoms with van der Waals surface area (Å²) in [6.45, 7) is 2.86. The second-order valence-electron chi connectivity index (χ2n) is 15.7. The van der Waals surface area contributed by atoms with E-state index in [1.807, 2.05) is 72.8 Å². The van der Waals surface area contributed by atoms with Gasteiger partial charge in [-0.2, -0.15) is 0 Å². The molecule has 0 radical (unpaired) electrons. The van der Waals surface area contributed by atoms with E-state index in [4.69, 9.17) is 24.2 Å². The molecule has 8 rings (SSSR count). The number of nitrogens with one attached hydrogen (secondary N) is 4. The quantitative estimate of drug-likeness (QED) is 0.0655. The number of benzene rings is 4. The highest BCUT2D eigenvalue weighted by molar-refractivity contribution is 5.95. The average Bonchev–Trinajstić information content (AvgIpc) is 4.20. The van der Waals surface area contributed by atoms with Crippen LogP contribution in [0.2, 0.25) is 0 Å². The van der Waals surface area contributed by atoms with Crippen molar-refractivity contribution in [3.63, 3.8) is 0 Å². The third-order valence-corrected chi connectivity index (χ3v) is 11.8. The minimum absolute atomic E-state index is 0.164. The van der Waals surface area contributed by atoms with E-state index in [1.54, 1.807) is 59.3 Å². The Kier molecular flexibility index (Phi) is 13.3. The van der Waals surface area contributed by atoms with Crippen molar-refractivity contribution in [2.75, 3.05) is 33.9 Å². The fourth-order valence-electron chi connectivity index (χ4n) is 8.61. The SMILES string of the molecule is CCOC(=O)c1[nH]c([C@@H]2CCCN2C(=O)C(NC(=O)OC)c2ccccc2)nc1-c1ccc(-c2ccc(-c3cnc([C@@H]4CCCN4C(=O)[C@H](NC(=O)OC)c4ccccc4)[nH]3)cc2)cc1. The molecule has 16 heteroatoms. The maximum absolute atomic E-state index is 14.1. The fraction of sp³-hybridized carbons (Fsp3) is 0.286. The van der Waals surface area contributed by atoms with Crippen molar-refractivity contribution in [1.82, 2.24) is 40.4 Å². The minimum Gasteiger partial charge on any atom is -0.461 e. The number of nitrogens with zero attached hydrogens (tertiary/aromatic N) is 4. The number of carbonyl (C=O) groups is 5. The Bertz CT molecular complexity index is 2630. The Morgan fingerprint density at radius 1 is 0.646 bits per heavy atom. The molecule has 4 heterocycles. The van der Waals surface area contributed by atoms with Crippen LogP contribution in [0.4, 0.5) is 9.59 Å². The van der Waals surface area contributed by atoms with Crippen molar-refractivity contribution >= 4 is 30.0 Å². The number of likely N-dealkylation sites (tertiary alicyclic amines) is 2. The summed E-state index contributed by atoms with van der Waals surface area (Å²) < 4.78 is 15.1. The summed E-state index contributed by atoms with van der Waals surface area (Å²) in [4.78, 5) is 85.7. The fourth-order valence-corrected chi connectivity index (χ4v) is 8.61. The first-order valence-corrected chi connectivity index (χ1v) is 21.6. The van der Waals surface area contributed by atoms with E-state index in [9.17, 15) is 24.0 Å². The number of rotatable bonds is 13. The summed E-state index contributed by atoms with van der Waals surface area (Å²) >= 11 is 0. The lowest BCUT2D eigenvalue weighted by Gasteiger charge is -2.28. The largest absolute Gasteiger partial charge is 0.461 e. The third-order valence-electron chi connectivity index (χ3n) is 11.8. The van der Waals surface area contributed by atoms with Crippen LogP contribution in [-0.4, -0.2) is 93.6 Å². The van der Waals surface area contributed by atoms with Crippen LogP contribution >= 0.6 is 0 Å². The number of aromatic nitrogens is 4. The molecule has 2 fully saturated rings. The number of amides is 4. The summed E-state index contributed by atoms with van der Waals surface area (Å²) in [5.74, 6) is -0.0114. The molecule has 0 bridgehead atoms. The number of aromatic amines is 2. The van der Waals surface area contributed by atoms with Gasteiger partial charge in [-0.25, -0.2) is 24.4 Å². The molecule has 4 N–H and O–H groups in total. The van der Waals surface area contributed by atoms with Gasteiger partial charge in [0.1, 0.15) is 29.4 Å². The van der Waals surface area contributed by atoms with Crippen LogP contribution in [0.1, 0.15) is 90.0 Å². The van der Waals surface area contributed by atoms with Gasteiger partial charge in [-0.05, 0) is 60.4 Å². The van der Waals surface area contributed by atoms with E-state index in [0.29, 0.717) is 60.0 Å². The molecule has 2 aliphatic heterocycles. The summed E-state index contributed by atoms with van der Waals surface area (Å²) in [5, 5.41) is 5.39. The van der Waals surface area contributed by atoms with Crippen LogP contribution in [0.25, 0.3) is 33.6 Å². The smallest absolute Gasteiger partial charge is 0.407 e. The molecule has 4 aromatic carbocycles. The molecule has 1 unspecified atom stereocenters. The van der Waals surface area contributed by atoms with Gasteiger partial charge >= 0.3 is 18.2 Å². The van der Waals surface area contributed by atoms with E-state index < -0.39 is 36.3 Å². The molecule has 2 aliphatic rings. The Balaban J connectivity index is 0.988. The maximum Gasteiger partial charge on any atom is 0.407 e. The first kappa shape index (κ1) is 43.9. The van der Waals surface area contributed by atoms with Crippen molar-refractivity contribution < 1.29 is 38.2 Å². The van der Waals surface area contributed by atoms with E-state index in [2.05, 4.69) is 20.6 Å². The number of imidazole rings is 2. The first-order valence-electron chi connectivity index (χ1n) is 21.6. The second kappa shape index (κ2) is 19.7. The summed E-state index contributed by atoms with van der Waals surface area (Å²) in [6, 6.07) is 31.1. The monoisotopic (exact) mass is 878 g/mol. The molecule has 65 heavy (non-hydrogen) atoms. The van der Waals surface area contributed by atoms with E-state index >= 15 is 0 Å². The summed E-state index contributed by atoms with van der Waals surface area (Å²) in [7, 11) is 2.52. The maximum atomic E-state index is 14.1. The van der Waals surface area contributed by atoms with E-state index in [-0.39, 0.29) is 30.2 Å². The van der Waals surface area contributed by atoms with Crippen LogP contribution in [-0.2, 0) is 23.8 Å². The molecular formula is C49H50N8O8. The zero-order valence-corrected chi connectivity index (χ0v) is 36.3. The third kappa shape index (κ3) is 9.47. The number of esters is 1. The Hall–Kier alpha value is -7.75. The second-order valence-corrected chi connectivity index (χ2v) is 15.7. The van der Waals surface area contributed by atoms with Crippen molar-refractivity contribution in [2.24, 2.45) is 0 Å². The van der Waals surface area contributed by atoms with Gasteiger partial charge in [-0.15, -0.1) is 0 Å².